The number of carbonyl (C=O) groups is 1. The molecule has 1 heterocycles. The van der Waals surface area contributed by atoms with Crippen LogP contribution in [0.3, 0.4) is 0 Å². The Labute approximate surface area is 92.2 Å². The van der Waals surface area contributed by atoms with Gasteiger partial charge in [0.15, 0.2) is 5.96 Å². The predicted molar refractivity (Wildman–Crippen MR) is 60.5 cm³/mol. The van der Waals surface area contributed by atoms with Gasteiger partial charge in [-0.2, -0.15) is 4.99 Å². The number of thiazole rings is 1. The monoisotopic (exact) mass is 226 g/mol. The van der Waals surface area contributed by atoms with Gasteiger partial charge in [0, 0.05) is 11.8 Å². The van der Waals surface area contributed by atoms with Crippen molar-refractivity contribution in [1.29, 1.82) is 0 Å². The molecule has 0 aliphatic heterocycles. The zero-order chi connectivity index (χ0) is 11.1. The van der Waals surface area contributed by atoms with Gasteiger partial charge in [0.1, 0.15) is 0 Å². The average molecular weight is 226 g/mol. The van der Waals surface area contributed by atoms with Gasteiger partial charge in [0.25, 0.3) is 0 Å². The molecule has 0 aromatic carbocycles. The van der Waals surface area contributed by atoms with Crippen LogP contribution in [0.25, 0.3) is 0 Å². The van der Waals surface area contributed by atoms with E-state index in [4.69, 9.17) is 11.5 Å². The first-order valence-electron chi connectivity index (χ1n) is 4.68. The summed E-state index contributed by atoms with van der Waals surface area (Å²) in [5, 5.41) is 2.01. The lowest BCUT2D eigenvalue weighted by Gasteiger charge is -1.96. The summed E-state index contributed by atoms with van der Waals surface area (Å²) in [7, 11) is 0. The summed E-state index contributed by atoms with van der Waals surface area (Å²) in [5.41, 5.74) is 13.0. The van der Waals surface area contributed by atoms with Gasteiger partial charge in [-0.25, -0.2) is 4.98 Å². The first kappa shape index (κ1) is 11.6. The fourth-order valence-corrected chi connectivity index (χ4v) is 1.74. The van der Waals surface area contributed by atoms with E-state index in [1.807, 2.05) is 5.38 Å². The number of nitrogens with zero attached hydrogens (tertiary/aromatic N) is 2. The Morgan fingerprint density at radius 2 is 2.27 bits per heavy atom. The standard InChI is InChI=1S/C9H14N4OS/c10-9(11)13-8(14)4-2-1-3-7-5-15-6-12-7/h5-6H,1-4H2,(H4,10,11,13,14). The molecule has 0 bridgehead atoms. The third kappa shape index (κ3) is 5.11. The average Bonchev–Trinajstić information content (AvgIpc) is 2.63. The summed E-state index contributed by atoms with van der Waals surface area (Å²) < 4.78 is 0. The fraction of sp³-hybridized carbons (Fsp3) is 0.444. The highest BCUT2D eigenvalue weighted by Gasteiger charge is 2.00. The van der Waals surface area contributed by atoms with Gasteiger partial charge in [0.2, 0.25) is 5.91 Å². The van der Waals surface area contributed by atoms with Gasteiger partial charge in [0.05, 0.1) is 11.2 Å². The zero-order valence-electron chi connectivity index (χ0n) is 8.35. The number of aromatic nitrogens is 1. The van der Waals surface area contributed by atoms with Gasteiger partial charge in [-0.15, -0.1) is 11.3 Å². The van der Waals surface area contributed by atoms with Gasteiger partial charge in [-0.05, 0) is 19.3 Å². The number of guanidine groups is 1. The second-order valence-corrected chi connectivity index (χ2v) is 3.84. The van der Waals surface area contributed by atoms with Crippen LogP contribution < -0.4 is 11.5 Å². The van der Waals surface area contributed by atoms with Crippen molar-refractivity contribution >= 4 is 23.2 Å². The van der Waals surface area contributed by atoms with Crippen molar-refractivity contribution in [2.75, 3.05) is 0 Å². The molecule has 0 unspecified atom stereocenters. The van der Waals surface area contributed by atoms with E-state index in [9.17, 15) is 4.79 Å². The number of aryl methyl sites for hydroxylation is 1. The Kier molecular flexibility index (Phi) is 4.76. The molecular formula is C9H14N4OS. The van der Waals surface area contributed by atoms with E-state index in [2.05, 4.69) is 9.98 Å². The molecular weight excluding hydrogens is 212 g/mol. The maximum atomic E-state index is 11.1. The predicted octanol–water partition coefficient (Wildman–Crippen LogP) is 0.656. The van der Waals surface area contributed by atoms with Gasteiger partial charge < -0.3 is 11.5 Å². The van der Waals surface area contributed by atoms with Crippen LogP contribution >= 0.6 is 11.3 Å². The highest BCUT2D eigenvalue weighted by Crippen LogP contribution is 2.07. The first-order chi connectivity index (χ1) is 7.18. The quantitative estimate of drug-likeness (QED) is 0.438. The van der Waals surface area contributed by atoms with Gasteiger partial charge in [-0.3, -0.25) is 4.79 Å². The van der Waals surface area contributed by atoms with E-state index in [1.54, 1.807) is 16.8 Å². The molecule has 0 atom stereocenters. The Morgan fingerprint density at radius 3 is 2.87 bits per heavy atom. The van der Waals surface area contributed by atoms with Crippen molar-refractivity contribution in [3.63, 3.8) is 0 Å². The first-order valence-corrected chi connectivity index (χ1v) is 5.62. The number of carbonyl (C=O) groups excluding carboxylic acids is 1. The van der Waals surface area contributed by atoms with E-state index >= 15 is 0 Å². The van der Waals surface area contributed by atoms with Crippen LogP contribution in [0.2, 0.25) is 0 Å². The summed E-state index contributed by atoms with van der Waals surface area (Å²) in [6, 6.07) is 0. The lowest BCUT2D eigenvalue weighted by molar-refractivity contribution is -0.117. The Balaban J connectivity index is 2.12. The normalized spacial score (nSPS) is 9.87. The molecule has 0 spiro atoms. The van der Waals surface area contributed by atoms with Crippen molar-refractivity contribution < 1.29 is 4.79 Å². The van der Waals surface area contributed by atoms with Crippen molar-refractivity contribution in [3.8, 4) is 0 Å². The number of hydrogen-bond donors (Lipinski definition) is 2. The van der Waals surface area contributed by atoms with Crippen LogP contribution in [0.1, 0.15) is 25.0 Å². The fourth-order valence-electron chi connectivity index (χ4n) is 1.14. The molecule has 0 saturated heterocycles. The molecule has 1 aromatic heterocycles. The second-order valence-electron chi connectivity index (χ2n) is 3.12. The van der Waals surface area contributed by atoms with Crippen molar-refractivity contribution in [2.24, 2.45) is 16.5 Å². The molecule has 6 heteroatoms. The number of hydrogen-bond acceptors (Lipinski definition) is 3. The molecule has 0 aliphatic carbocycles. The maximum absolute atomic E-state index is 11.1. The summed E-state index contributed by atoms with van der Waals surface area (Å²) >= 11 is 1.58. The summed E-state index contributed by atoms with van der Waals surface area (Å²) in [4.78, 5) is 18.6. The zero-order valence-corrected chi connectivity index (χ0v) is 9.17. The van der Waals surface area contributed by atoms with E-state index < -0.39 is 0 Å². The number of aliphatic imine (C=N–C) groups is 1. The van der Waals surface area contributed by atoms with Crippen molar-refractivity contribution in [2.45, 2.75) is 25.7 Å². The van der Waals surface area contributed by atoms with Gasteiger partial charge >= 0.3 is 0 Å². The number of amides is 1. The maximum Gasteiger partial charge on any atom is 0.248 e. The molecule has 4 N–H and O–H groups in total. The molecule has 0 aliphatic rings. The number of rotatable bonds is 5. The number of nitrogens with two attached hydrogens (primary N) is 2. The van der Waals surface area contributed by atoms with Crippen LogP contribution in [-0.4, -0.2) is 16.9 Å². The highest BCUT2D eigenvalue weighted by atomic mass is 32.1. The van der Waals surface area contributed by atoms with Crippen LogP contribution in [0.4, 0.5) is 0 Å². The summed E-state index contributed by atoms with van der Waals surface area (Å²) in [6.07, 6.45) is 3.00. The van der Waals surface area contributed by atoms with E-state index in [0.29, 0.717) is 6.42 Å². The number of unbranched alkanes of at least 4 members (excludes halogenated alkanes) is 1. The molecule has 0 fully saturated rings. The summed E-state index contributed by atoms with van der Waals surface area (Å²) in [5.74, 6) is -0.423. The van der Waals surface area contributed by atoms with Crippen LogP contribution in [0, 0.1) is 0 Å². The Hall–Kier alpha value is -1.43. The molecule has 1 amide bonds. The minimum Gasteiger partial charge on any atom is -0.370 e. The lowest BCUT2D eigenvalue weighted by Crippen LogP contribution is -2.24. The molecule has 82 valence electrons. The summed E-state index contributed by atoms with van der Waals surface area (Å²) in [6.45, 7) is 0. The second kappa shape index (κ2) is 6.13. The molecule has 15 heavy (non-hydrogen) atoms. The van der Waals surface area contributed by atoms with Crippen molar-refractivity contribution in [1.82, 2.24) is 4.98 Å². The van der Waals surface area contributed by atoms with E-state index in [0.717, 1.165) is 25.0 Å². The Bertz CT molecular complexity index is 330. The lowest BCUT2D eigenvalue weighted by atomic mass is 10.1. The minimum absolute atomic E-state index is 0.167. The third-order valence-electron chi connectivity index (χ3n) is 1.81. The van der Waals surface area contributed by atoms with E-state index in [-0.39, 0.29) is 11.9 Å². The molecule has 1 rings (SSSR count). The SMILES string of the molecule is NC(N)=NC(=O)CCCCc1cscn1. The third-order valence-corrected chi connectivity index (χ3v) is 2.45. The minimum atomic E-state index is -0.256. The van der Waals surface area contributed by atoms with Crippen molar-refractivity contribution in [3.05, 3.63) is 16.6 Å². The molecule has 0 saturated carbocycles. The smallest absolute Gasteiger partial charge is 0.248 e. The van der Waals surface area contributed by atoms with Gasteiger partial charge in [-0.1, -0.05) is 0 Å². The Morgan fingerprint density at radius 1 is 1.47 bits per heavy atom. The highest BCUT2D eigenvalue weighted by molar-refractivity contribution is 7.07. The van der Waals surface area contributed by atoms with Crippen LogP contribution in [0.15, 0.2) is 15.9 Å². The van der Waals surface area contributed by atoms with Crippen LogP contribution in [-0.2, 0) is 11.2 Å². The van der Waals surface area contributed by atoms with Crippen LogP contribution in [0.5, 0.6) is 0 Å². The largest absolute Gasteiger partial charge is 0.370 e. The topological polar surface area (TPSA) is 94.4 Å². The van der Waals surface area contributed by atoms with E-state index in [1.165, 1.54) is 0 Å². The molecule has 1 aromatic rings. The molecule has 0 radical (unpaired) electrons. The molecule has 5 nitrogen and oxygen atoms in total.